The Kier molecular flexibility index (Phi) is 4.79. The van der Waals surface area contributed by atoms with Gasteiger partial charge in [0.15, 0.2) is 0 Å². The molecule has 2 aliphatic heterocycles. The van der Waals surface area contributed by atoms with Crippen molar-refractivity contribution in [2.45, 2.75) is 44.2 Å². The molecule has 0 saturated carbocycles. The van der Waals surface area contributed by atoms with Gasteiger partial charge in [-0.3, -0.25) is 0 Å². The first-order valence-electron chi connectivity index (χ1n) is 6.26. The third-order valence-electron chi connectivity index (χ3n) is 3.69. The summed E-state index contributed by atoms with van der Waals surface area (Å²) in [6.45, 7) is 1.00. The van der Waals surface area contributed by atoms with Crippen molar-refractivity contribution in [3.63, 3.8) is 0 Å². The molecule has 2 rings (SSSR count). The molecule has 0 amide bonds. The average molecular weight is 229 g/mol. The molecular formula is C12H23NOS. The lowest BCUT2D eigenvalue weighted by Gasteiger charge is -2.18. The van der Waals surface area contributed by atoms with E-state index in [4.69, 9.17) is 4.74 Å². The first-order valence-corrected chi connectivity index (χ1v) is 7.42. The summed E-state index contributed by atoms with van der Waals surface area (Å²) in [4.78, 5) is 0. The van der Waals surface area contributed by atoms with Gasteiger partial charge in [-0.15, -0.1) is 0 Å². The summed E-state index contributed by atoms with van der Waals surface area (Å²) < 4.78 is 5.65. The average Bonchev–Trinajstić information content (AvgIpc) is 2.88. The van der Waals surface area contributed by atoms with E-state index in [0.29, 0.717) is 6.10 Å². The lowest BCUT2D eigenvalue weighted by atomic mass is 9.96. The van der Waals surface area contributed by atoms with Crippen LogP contribution in [-0.4, -0.2) is 37.3 Å². The minimum atomic E-state index is 0.590. The third-order valence-corrected chi connectivity index (χ3v) is 4.95. The van der Waals surface area contributed by atoms with E-state index in [9.17, 15) is 0 Å². The number of hydrogen-bond acceptors (Lipinski definition) is 3. The summed E-state index contributed by atoms with van der Waals surface area (Å²) in [5, 5.41) is 3.44. The van der Waals surface area contributed by atoms with E-state index >= 15 is 0 Å². The maximum Gasteiger partial charge on any atom is 0.0576 e. The van der Waals surface area contributed by atoms with Gasteiger partial charge >= 0.3 is 0 Å². The van der Waals surface area contributed by atoms with Crippen LogP contribution >= 0.6 is 11.8 Å². The molecule has 0 aromatic heterocycles. The van der Waals surface area contributed by atoms with Crippen molar-refractivity contribution in [2.24, 2.45) is 5.92 Å². The highest BCUT2D eigenvalue weighted by Gasteiger charge is 2.26. The summed E-state index contributed by atoms with van der Waals surface area (Å²) >= 11 is 2.10. The topological polar surface area (TPSA) is 21.3 Å². The van der Waals surface area contributed by atoms with E-state index in [0.717, 1.165) is 18.6 Å². The molecule has 0 aromatic rings. The Hall–Kier alpha value is 0.270. The van der Waals surface area contributed by atoms with Crippen LogP contribution in [0.2, 0.25) is 0 Å². The van der Waals surface area contributed by atoms with Crippen molar-refractivity contribution in [1.82, 2.24) is 5.32 Å². The molecule has 3 atom stereocenters. The van der Waals surface area contributed by atoms with E-state index < -0.39 is 0 Å². The Balaban J connectivity index is 1.60. The predicted octanol–water partition coefficient (Wildman–Crippen LogP) is 2.29. The molecule has 0 bridgehead atoms. The molecular weight excluding hydrogens is 206 g/mol. The van der Waals surface area contributed by atoms with Crippen LogP contribution < -0.4 is 5.32 Å². The van der Waals surface area contributed by atoms with E-state index in [-0.39, 0.29) is 0 Å². The Morgan fingerprint density at radius 2 is 2.27 bits per heavy atom. The summed E-state index contributed by atoms with van der Waals surface area (Å²) in [5.74, 6) is 3.57. The van der Waals surface area contributed by atoms with Crippen LogP contribution in [0.4, 0.5) is 0 Å². The second-order valence-electron chi connectivity index (χ2n) is 4.76. The zero-order valence-electron chi connectivity index (χ0n) is 9.71. The third kappa shape index (κ3) is 3.36. The van der Waals surface area contributed by atoms with Crippen molar-refractivity contribution in [3.8, 4) is 0 Å². The number of thioether (sulfide) groups is 1. The SMILES string of the molecule is CNC1CSCC1CCCC1CCCO1. The van der Waals surface area contributed by atoms with Gasteiger partial charge in [0.1, 0.15) is 0 Å². The van der Waals surface area contributed by atoms with Gasteiger partial charge in [-0.05, 0) is 44.4 Å². The zero-order chi connectivity index (χ0) is 10.5. The molecule has 0 spiro atoms. The van der Waals surface area contributed by atoms with Gasteiger partial charge in [-0.1, -0.05) is 6.42 Å². The van der Waals surface area contributed by atoms with Crippen molar-refractivity contribution >= 4 is 11.8 Å². The molecule has 0 radical (unpaired) electrons. The van der Waals surface area contributed by atoms with E-state index in [2.05, 4.69) is 24.1 Å². The quantitative estimate of drug-likeness (QED) is 0.781. The normalized spacial score (nSPS) is 36.2. The molecule has 15 heavy (non-hydrogen) atoms. The Morgan fingerprint density at radius 3 is 3.00 bits per heavy atom. The van der Waals surface area contributed by atoms with Gasteiger partial charge in [0.2, 0.25) is 0 Å². The first kappa shape index (κ1) is 11.7. The number of rotatable bonds is 5. The molecule has 0 aliphatic carbocycles. The van der Waals surface area contributed by atoms with Crippen LogP contribution in [0, 0.1) is 5.92 Å². The van der Waals surface area contributed by atoms with Gasteiger partial charge in [0, 0.05) is 18.4 Å². The van der Waals surface area contributed by atoms with Crippen LogP contribution in [0.1, 0.15) is 32.1 Å². The number of ether oxygens (including phenoxy) is 1. The minimum Gasteiger partial charge on any atom is -0.378 e. The van der Waals surface area contributed by atoms with Crippen LogP contribution in [0.3, 0.4) is 0 Å². The van der Waals surface area contributed by atoms with Gasteiger partial charge < -0.3 is 10.1 Å². The molecule has 3 heteroatoms. The fourth-order valence-electron chi connectivity index (χ4n) is 2.68. The number of nitrogens with one attached hydrogen (secondary N) is 1. The van der Waals surface area contributed by atoms with E-state index in [1.807, 2.05) is 0 Å². The molecule has 2 heterocycles. The highest BCUT2D eigenvalue weighted by Crippen LogP contribution is 2.29. The fourth-order valence-corrected chi connectivity index (χ4v) is 4.21. The van der Waals surface area contributed by atoms with Crippen molar-refractivity contribution < 1.29 is 4.74 Å². The summed E-state index contributed by atoms with van der Waals surface area (Å²) in [7, 11) is 2.10. The Morgan fingerprint density at radius 1 is 1.33 bits per heavy atom. The summed E-state index contributed by atoms with van der Waals surface area (Å²) in [6.07, 6.45) is 7.20. The van der Waals surface area contributed by atoms with E-state index in [1.165, 1.54) is 43.6 Å². The van der Waals surface area contributed by atoms with E-state index in [1.54, 1.807) is 0 Å². The lowest BCUT2D eigenvalue weighted by Crippen LogP contribution is -2.32. The predicted molar refractivity (Wildman–Crippen MR) is 66.5 cm³/mol. The first-order chi connectivity index (χ1) is 7.40. The van der Waals surface area contributed by atoms with Gasteiger partial charge in [-0.2, -0.15) is 11.8 Å². The molecule has 1 N–H and O–H groups in total. The monoisotopic (exact) mass is 229 g/mol. The maximum atomic E-state index is 5.65. The lowest BCUT2D eigenvalue weighted by molar-refractivity contribution is 0.101. The Labute approximate surface area is 97.5 Å². The summed E-state index contributed by atoms with van der Waals surface area (Å²) in [5.41, 5.74) is 0. The van der Waals surface area contributed by atoms with Gasteiger partial charge in [0.05, 0.1) is 6.10 Å². The molecule has 88 valence electrons. The maximum absolute atomic E-state index is 5.65. The van der Waals surface area contributed by atoms with Gasteiger partial charge in [0.25, 0.3) is 0 Å². The molecule has 2 saturated heterocycles. The van der Waals surface area contributed by atoms with Crippen molar-refractivity contribution in [1.29, 1.82) is 0 Å². The fraction of sp³-hybridized carbons (Fsp3) is 1.00. The second-order valence-corrected chi connectivity index (χ2v) is 5.83. The number of hydrogen-bond donors (Lipinski definition) is 1. The second kappa shape index (κ2) is 6.12. The molecule has 2 fully saturated rings. The van der Waals surface area contributed by atoms with Crippen LogP contribution in [0.15, 0.2) is 0 Å². The molecule has 3 unspecified atom stereocenters. The highest BCUT2D eigenvalue weighted by atomic mass is 32.2. The van der Waals surface area contributed by atoms with Crippen LogP contribution in [-0.2, 0) is 4.74 Å². The Bertz CT molecular complexity index is 182. The largest absolute Gasteiger partial charge is 0.378 e. The zero-order valence-corrected chi connectivity index (χ0v) is 10.5. The van der Waals surface area contributed by atoms with Gasteiger partial charge in [-0.25, -0.2) is 0 Å². The van der Waals surface area contributed by atoms with Crippen molar-refractivity contribution in [3.05, 3.63) is 0 Å². The standard InChI is InChI=1S/C12H23NOS/c1-13-12-9-15-8-10(12)4-2-5-11-6-3-7-14-11/h10-13H,2-9H2,1H3. The smallest absolute Gasteiger partial charge is 0.0576 e. The van der Waals surface area contributed by atoms with Crippen molar-refractivity contribution in [2.75, 3.05) is 25.2 Å². The molecule has 2 aliphatic rings. The van der Waals surface area contributed by atoms with Crippen LogP contribution in [0.25, 0.3) is 0 Å². The molecule has 0 aromatic carbocycles. The highest BCUT2D eigenvalue weighted by molar-refractivity contribution is 7.99. The summed E-state index contributed by atoms with van der Waals surface area (Å²) in [6, 6.07) is 0.763. The van der Waals surface area contributed by atoms with Crippen LogP contribution in [0.5, 0.6) is 0 Å². The minimum absolute atomic E-state index is 0.590. The molecule has 2 nitrogen and oxygen atoms in total.